The maximum Gasteiger partial charge on any atom is 0.257 e. The first-order valence-electron chi connectivity index (χ1n) is 11.3. The van der Waals surface area contributed by atoms with Gasteiger partial charge >= 0.3 is 0 Å². The Hall–Kier alpha value is -2.86. The molecular formula is C26H34N2O4. The largest absolute Gasteiger partial charge is 0.484 e. The number of hydrogen-bond donors (Lipinski definition) is 1. The zero-order chi connectivity index (χ0) is 23.0. The van der Waals surface area contributed by atoms with E-state index >= 15 is 0 Å². The average Bonchev–Trinajstić information content (AvgIpc) is 2.80. The lowest BCUT2D eigenvalue weighted by atomic mass is 9.87. The molecule has 1 unspecified atom stereocenters. The monoisotopic (exact) mass is 438 g/mol. The van der Waals surface area contributed by atoms with E-state index in [1.165, 1.54) is 5.56 Å². The predicted octanol–water partition coefficient (Wildman–Crippen LogP) is 3.86. The summed E-state index contributed by atoms with van der Waals surface area (Å²) in [5, 5.41) is 2.82. The zero-order valence-electron chi connectivity index (χ0n) is 19.3. The number of morpholine rings is 1. The van der Waals surface area contributed by atoms with E-state index in [2.05, 4.69) is 26.1 Å². The number of ether oxygens (including phenoxy) is 2. The fourth-order valence-electron chi connectivity index (χ4n) is 3.62. The first-order valence-corrected chi connectivity index (χ1v) is 11.3. The molecule has 1 N–H and O–H groups in total. The number of nitrogens with zero attached hydrogens (tertiary/aromatic N) is 1. The molecule has 6 heteroatoms. The van der Waals surface area contributed by atoms with Crippen LogP contribution in [0, 0.1) is 0 Å². The van der Waals surface area contributed by atoms with Crippen molar-refractivity contribution in [3.63, 3.8) is 0 Å². The lowest BCUT2D eigenvalue weighted by Crippen LogP contribution is -2.42. The van der Waals surface area contributed by atoms with E-state index in [0.717, 1.165) is 5.56 Å². The fourth-order valence-corrected chi connectivity index (χ4v) is 3.62. The number of carbonyl (C=O) groups is 2. The molecule has 1 heterocycles. The maximum absolute atomic E-state index is 12.6. The van der Waals surface area contributed by atoms with Crippen molar-refractivity contribution in [3.05, 3.63) is 65.7 Å². The van der Waals surface area contributed by atoms with Crippen molar-refractivity contribution in [3.8, 4) is 5.75 Å². The van der Waals surface area contributed by atoms with Crippen LogP contribution in [0.2, 0.25) is 0 Å². The van der Waals surface area contributed by atoms with E-state index in [1.54, 1.807) is 0 Å². The maximum atomic E-state index is 12.6. The van der Waals surface area contributed by atoms with E-state index in [9.17, 15) is 9.59 Å². The van der Waals surface area contributed by atoms with Gasteiger partial charge in [0.15, 0.2) is 6.61 Å². The summed E-state index contributed by atoms with van der Waals surface area (Å²) in [5.41, 5.74) is 2.39. The van der Waals surface area contributed by atoms with Gasteiger partial charge in [-0.2, -0.15) is 0 Å². The van der Waals surface area contributed by atoms with Crippen molar-refractivity contribution in [2.45, 2.75) is 45.1 Å². The molecule has 172 valence electrons. The van der Waals surface area contributed by atoms with Crippen LogP contribution in [-0.2, 0) is 19.7 Å². The SMILES string of the molecule is CC(C)(C)c1ccc(OCC(=O)NCCCC(=O)N2CCOC(c3ccccc3)C2)cc1. The third kappa shape index (κ3) is 7.09. The number of nitrogens with one attached hydrogen (secondary N) is 1. The molecule has 0 aromatic heterocycles. The minimum Gasteiger partial charge on any atom is -0.484 e. The molecule has 3 rings (SSSR count). The topological polar surface area (TPSA) is 67.9 Å². The van der Waals surface area contributed by atoms with Crippen LogP contribution in [0.25, 0.3) is 0 Å². The first kappa shape index (κ1) is 23.8. The van der Waals surface area contributed by atoms with Gasteiger partial charge in [-0.15, -0.1) is 0 Å². The Labute approximate surface area is 190 Å². The molecule has 6 nitrogen and oxygen atoms in total. The van der Waals surface area contributed by atoms with Crippen LogP contribution in [0.3, 0.4) is 0 Å². The Bertz CT molecular complexity index is 875. The molecule has 2 amide bonds. The Morgan fingerprint density at radius 1 is 1.09 bits per heavy atom. The van der Waals surface area contributed by atoms with Gasteiger partial charge in [-0.3, -0.25) is 9.59 Å². The van der Waals surface area contributed by atoms with Gasteiger partial charge in [-0.25, -0.2) is 0 Å². The van der Waals surface area contributed by atoms with Crippen molar-refractivity contribution >= 4 is 11.8 Å². The number of carbonyl (C=O) groups excluding carboxylic acids is 2. The quantitative estimate of drug-likeness (QED) is 0.636. The summed E-state index contributed by atoms with van der Waals surface area (Å²) in [4.78, 5) is 26.5. The number of amides is 2. The van der Waals surface area contributed by atoms with Gasteiger partial charge in [0.25, 0.3) is 5.91 Å². The molecular weight excluding hydrogens is 404 g/mol. The summed E-state index contributed by atoms with van der Waals surface area (Å²) >= 11 is 0. The van der Waals surface area contributed by atoms with Crippen molar-refractivity contribution in [2.75, 3.05) is 32.8 Å². The van der Waals surface area contributed by atoms with Gasteiger partial charge in [0.05, 0.1) is 13.2 Å². The Kier molecular flexibility index (Phi) is 8.28. The van der Waals surface area contributed by atoms with E-state index < -0.39 is 0 Å². The van der Waals surface area contributed by atoms with Gasteiger partial charge in [0.2, 0.25) is 5.91 Å². The Morgan fingerprint density at radius 3 is 2.50 bits per heavy atom. The van der Waals surface area contributed by atoms with Crippen molar-refractivity contribution in [1.29, 1.82) is 0 Å². The van der Waals surface area contributed by atoms with Crippen LogP contribution in [0.5, 0.6) is 5.75 Å². The normalized spacial score (nSPS) is 16.5. The van der Waals surface area contributed by atoms with Gasteiger partial charge in [0.1, 0.15) is 11.9 Å². The number of rotatable bonds is 8. The molecule has 1 atom stereocenters. The summed E-state index contributed by atoms with van der Waals surface area (Å²) in [6.07, 6.45) is 0.915. The van der Waals surface area contributed by atoms with Gasteiger partial charge in [-0.05, 0) is 35.1 Å². The lowest BCUT2D eigenvalue weighted by Gasteiger charge is -2.33. The summed E-state index contributed by atoms with van der Waals surface area (Å²) in [6.45, 7) is 8.59. The van der Waals surface area contributed by atoms with Crippen molar-refractivity contribution in [1.82, 2.24) is 10.2 Å². The van der Waals surface area contributed by atoms with Gasteiger partial charge < -0.3 is 19.7 Å². The molecule has 0 spiro atoms. The highest BCUT2D eigenvalue weighted by Gasteiger charge is 2.24. The zero-order valence-corrected chi connectivity index (χ0v) is 19.3. The third-order valence-electron chi connectivity index (χ3n) is 5.57. The van der Waals surface area contributed by atoms with Crippen molar-refractivity contribution < 1.29 is 19.1 Å². The average molecular weight is 439 g/mol. The van der Waals surface area contributed by atoms with Crippen molar-refractivity contribution in [2.24, 2.45) is 0 Å². The molecule has 1 aliphatic heterocycles. The van der Waals surface area contributed by atoms with Crippen LogP contribution >= 0.6 is 0 Å². The number of benzene rings is 2. The molecule has 0 saturated carbocycles. The highest BCUT2D eigenvalue weighted by molar-refractivity contribution is 5.78. The Balaban J connectivity index is 1.33. The molecule has 1 aliphatic rings. The predicted molar refractivity (Wildman–Crippen MR) is 125 cm³/mol. The molecule has 0 radical (unpaired) electrons. The van der Waals surface area contributed by atoms with E-state index in [4.69, 9.17) is 9.47 Å². The third-order valence-corrected chi connectivity index (χ3v) is 5.57. The standard InChI is InChI=1S/C26H34N2O4/c1-26(2,3)21-11-13-22(14-12-21)32-19-24(29)27-15-7-10-25(30)28-16-17-31-23(18-28)20-8-5-4-6-9-20/h4-6,8-9,11-14,23H,7,10,15-19H2,1-3H3,(H,27,29). The Morgan fingerprint density at radius 2 is 1.81 bits per heavy atom. The van der Waals surface area contributed by atoms with Crippen LogP contribution in [-0.4, -0.2) is 49.6 Å². The van der Waals surface area contributed by atoms with Gasteiger partial charge in [0, 0.05) is 19.5 Å². The molecule has 1 saturated heterocycles. The van der Waals surface area contributed by atoms with E-state index in [-0.39, 0.29) is 29.9 Å². The first-order chi connectivity index (χ1) is 15.3. The molecule has 1 fully saturated rings. The minimum atomic E-state index is -0.187. The summed E-state index contributed by atoms with van der Waals surface area (Å²) in [5.74, 6) is 0.579. The molecule has 0 bridgehead atoms. The molecule has 2 aromatic rings. The van der Waals surface area contributed by atoms with Crippen LogP contribution in [0.15, 0.2) is 54.6 Å². The highest BCUT2D eigenvalue weighted by Crippen LogP contribution is 2.24. The lowest BCUT2D eigenvalue weighted by molar-refractivity contribution is -0.139. The molecule has 0 aliphatic carbocycles. The van der Waals surface area contributed by atoms with Gasteiger partial charge in [-0.1, -0.05) is 63.2 Å². The van der Waals surface area contributed by atoms with Crippen LogP contribution < -0.4 is 10.1 Å². The second-order valence-electron chi connectivity index (χ2n) is 9.13. The highest BCUT2D eigenvalue weighted by atomic mass is 16.5. The minimum absolute atomic E-state index is 0.0367. The molecule has 2 aromatic carbocycles. The second-order valence-corrected chi connectivity index (χ2v) is 9.13. The fraction of sp³-hybridized carbons (Fsp3) is 0.462. The summed E-state index contributed by atoms with van der Waals surface area (Å²) < 4.78 is 11.4. The summed E-state index contributed by atoms with van der Waals surface area (Å²) in [6, 6.07) is 17.8. The van der Waals surface area contributed by atoms with Crippen LogP contribution in [0.1, 0.15) is 50.8 Å². The van der Waals surface area contributed by atoms with E-state index in [0.29, 0.717) is 44.8 Å². The van der Waals surface area contributed by atoms with E-state index in [1.807, 2.05) is 59.5 Å². The second kappa shape index (κ2) is 11.1. The van der Waals surface area contributed by atoms with Crippen LogP contribution in [0.4, 0.5) is 0 Å². The summed E-state index contributed by atoms with van der Waals surface area (Å²) in [7, 11) is 0. The number of hydrogen-bond acceptors (Lipinski definition) is 4. The molecule has 32 heavy (non-hydrogen) atoms. The smallest absolute Gasteiger partial charge is 0.257 e.